The maximum atomic E-state index is 14.1. The second-order valence-electron chi connectivity index (χ2n) is 6.95. The Morgan fingerprint density at radius 2 is 1.90 bits per heavy atom. The summed E-state index contributed by atoms with van der Waals surface area (Å²) in [6.07, 6.45) is 0.991. The van der Waals surface area contributed by atoms with E-state index in [0.717, 1.165) is 45.9 Å². The van der Waals surface area contributed by atoms with Gasteiger partial charge in [-0.2, -0.15) is 0 Å². The minimum atomic E-state index is -1.87. The summed E-state index contributed by atoms with van der Waals surface area (Å²) in [5, 5.41) is 21.8. The highest BCUT2D eigenvalue weighted by atomic mass is 19.1. The SMILES string of the molecule is C=CC(=O)N(CC(=O)NC(Cc1ccc(C)cc1C)B(O)O)c1cc(F)ccc1F. The fraction of sp³-hybridized carbons (Fsp3) is 0.238. The van der Waals surface area contributed by atoms with Gasteiger partial charge in [0.25, 0.3) is 5.91 Å². The van der Waals surface area contributed by atoms with Gasteiger partial charge in [-0.1, -0.05) is 30.3 Å². The molecule has 1 atom stereocenters. The van der Waals surface area contributed by atoms with Crippen molar-refractivity contribution in [2.24, 2.45) is 0 Å². The van der Waals surface area contributed by atoms with E-state index in [1.807, 2.05) is 32.0 Å². The maximum absolute atomic E-state index is 14.1. The average Bonchev–Trinajstić information content (AvgIpc) is 2.68. The molecular formula is C21H23BF2N2O4. The lowest BCUT2D eigenvalue weighted by Crippen LogP contribution is -2.51. The lowest BCUT2D eigenvalue weighted by atomic mass is 9.75. The average molecular weight is 416 g/mol. The first kappa shape index (κ1) is 23.2. The van der Waals surface area contributed by atoms with E-state index < -0.39 is 48.7 Å². The number of anilines is 1. The third-order valence-electron chi connectivity index (χ3n) is 4.59. The fourth-order valence-corrected chi connectivity index (χ4v) is 3.02. The normalized spacial score (nSPS) is 11.5. The lowest BCUT2D eigenvalue weighted by molar-refractivity contribution is -0.122. The van der Waals surface area contributed by atoms with E-state index in [4.69, 9.17) is 0 Å². The van der Waals surface area contributed by atoms with Gasteiger partial charge in [0.1, 0.15) is 18.2 Å². The second kappa shape index (κ2) is 10.1. The molecule has 6 nitrogen and oxygen atoms in total. The van der Waals surface area contributed by atoms with Crippen LogP contribution in [0.3, 0.4) is 0 Å². The molecule has 0 bridgehead atoms. The van der Waals surface area contributed by atoms with Crippen molar-refractivity contribution in [1.29, 1.82) is 0 Å². The predicted molar refractivity (Wildman–Crippen MR) is 111 cm³/mol. The molecule has 2 aromatic rings. The van der Waals surface area contributed by atoms with Gasteiger partial charge in [-0.15, -0.1) is 0 Å². The van der Waals surface area contributed by atoms with Crippen LogP contribution >= 0.6 is 0 Å². The Bertz CT molecular complexity index is 953. The number of nitrogens with zero attached hydrogens (tertiary/aromatic N) is 1. The van der Waals surface area contributed by atoms with Crippen LogP contribution in [0.15, 0.2) is 49.1 Å². The number of carbonyl (C=O) groups excluding carboxylic acids is 2. The van der Waals surface area contributed by atoms with E-state index in [-0.39, 0.29) is 6.42 Å². The highest BCUT2D eigenvalue weighted by Gasteiger charge is 2.28. The highest BCUT2D eigenvalue weighted by Crippen LogP contribution is 2.21. The summed E-state index contributed by atoms with van der Waals surface area (Å²) in [6, 6.07) is 8.13. The van der Waals surface area contributed by atoms with Gasteiger partial charge in [0.15, 0.2) is 0 Å². The van der Waals surface area contributed by atoms with E-state index in [2.05, 4.69) is 11.9 Å². The number of amides is 2. The van der Waals surface area contributed by atoms with E-state index >= 15 is 0 Å². The third-order valence-corrected chi connectivity index (χ3v) is 4.59. The number of nitrogens with one attached hydrogen (secondary N) is 1. The van der Waals surface area contributed by atoms with Crippen molar-refractivity contribution >= 4 is 24.6 Å². The molecule has 0 aliphatic carbocycles. The number of aryl methyl sites for hydroxylation is 2. The molecule has 2 aromatic carbocycles. The Balaban J connectivity index is 2.20. The van der Waals surface area contributed by atoms with Crippen molar-refractivity contribution < 1.29 is 28.4 Å². The van der Waals surface area contributed by atoms with Crippen LogP contribution in [-0.4, -0.2) is 41.5 Å². The molecule has 158 valence electrons. The van der Waals surface area contributed by atoms with Crippen molar-refractivity contribution in [1.82, 2.24) is 5.32 Å². The molecule has 0 aliphatic heterocycles. The second-order valence-corrected chi connectivity index (χ2v) is 6.95. The molecule has 2 amide bonds. The van der Waals surface area contributed by atoms with Crippen LogP contribution in [0.2, 0.25) is 0 Å². The largest absolute Gasteiger partial charge is 0.475 e. The maximum Gasteiger partial charge on any atom is 0.475 e. The first-order chi connectivity index (χ1) is 14.1. The van der Waals surface area contributed by atoms with Gasteiger partial charge >= 0.3 is 7.12 Å². The lowest BCUT2D eigenvalue weighted by Gasteiger charge is -2.24. The Kier molecular flexibility index (Phi) is 7.85. The monoisotopic (exact) mass is 416 g/mol. The molecular weight excluding hydrogens is 393 g/mol. The van der Waals surface area contributed by atoms with Crippen LogP contribution in [0, 0.1) is 25.5 Å². The molecule has 30 heavy (non-hydrogen) atoms. The predicted octanol–water partition coefficient (Wildman–Crippen LogP) is 1.84. The first-order valence-electron chi connectivity index (χ1n) is 9.23. The van der Waals surface area contributed by atoms with E-state index in [1.54, 1.807) is 0 Å². The molecule has 0 fully saturated rings. The zero-order valence-electron chi connectivity index (χ0n) is 16.7. The number of rotatable bonds is 8. The van der Waals surface area contributed by atoms with Crippen molar-refractivity contribution in [2.75, 3.05) is 11.4 Å². The van der Waals surface area contributed by atoms with Crippen LogP contribution in [0.25, 0.3) is 0 Å². The van der Waals surface area contributed by atoms with Gasteiger partial charge in [0.2, 0.25) is 5.91 Å². The van der Waals surface area contributed by atoms with Gasteiger partial charge in [-0.3, -0.25) is 14.5 Å². The van der Waals surface area contributed by atoms with E-state index in [1.165, 1.54) is 0 Å². The molecule has 0 saturated carbocycles. The zero-order chi connectivity index (χ0) is 22.4. The van der Waals surface area contributed by atoms with Crippen molar-refractivity contribution in [3.05, 3.63) is 77.4 Å². The van der Waals surface area contributed by atoms with Crippen molar-refractivity contribution in [3.63, 3.8) is 0 Å². The number of hydrogen-bond donors (Lipinski definition) is 3. The summed E-state index contributed by atoms with van der Waals surface area (Å²) in [5.41, 5.74) is 2.33. The quantitative estimate of drug-likeness (QED) is 0.453. The number of benzene rings is 2. The minimum Gasteiger partial charge on any atom is -0.426 e. The Hall–Kier alpha value is -3.04. The topological polar surface area (TPSA) is 89.9 Å². The molecule has 3 N–H and O–H groups in total. The molecule has 2 rings (SSSR count). The van der Waals surface area contributed by atoms with Crippen molar-refractivity contribution in [3.8, 4) is 0 Å². The summed E-state index contributed by atoms with van der Waals surface area (Å²) in [5.74, 6) is -4.35. The zero-order valence-corrected chi connectivity index (χ0v) is 16.7. The van der Waals surface area contributed by atoms with Gasteiger partial charge in [-0.05, 0) is 49.6 Å². The molecule has 0 heterocycles. The summed E-state index contributed by atoms with van der Waals surface area (Å²) in [6.45, 7) is 6.43. The van der Waals surface area contributed by atoms with Crippen LogP contribution < -0.4 is 10.2 Å². The summed E-state index contributed by atoms with van der Waals surface area (Å²) >= 11 is 0. The third kappa shape index (κ3) is 5.98. The molecule has 9 heteroatoms. The van der Waals surface area contributed by atoms with Crippen LogP contribution in [0.5, 0.6) is 0 Å². The van der Waals surface area contributed by atoms with Gasteiger partial charge < -0.3 is 15.4 Å². The Labute approximate surface area is 174 Å². The summed E-state index contributed by atoms with van der Waals surface area (Å²) < 4.78 is 27.7. The smallest absolute Gasteiger partial charge is 0.426 e. The van der Waals surface area contributed by atoms with Gasteiger partial charge in [0.05, 0.1) is 11.6 Å². The van der Waals surface area contributed by atoms with E-state index in [0.29, 0.717) is 0 Å². The van der Waals surface area contributed by atoms with Gasteiger partial charge in [-0.25, -0.2) is 8.78 Å². The minimum absolute atomic E-state index is 0.124. The fourth-order valence-electron chi connectivity index (χ4n) is 3.02. The summed E-state index contributed by atoms with van der Waals surface area (Å²) in [4.78, 5) is 25.4. The van der Waals surface area contributed by atoms with Crippen LogP contribution in [0.1, 0.15) is 16.7 Å². The number of hydrogen-bond acceptors (Lipinski definition) is 4. The Morgan fingerprint density at radius 3 is 2.50 bits per heavy atom. The summed E-state index contributed by atoms with van der Waals surface area (Å²) in [7, 11) is -1.87. The molecule has 0 saturated heterocycles. The first-order valence-corrected chi connectivity index (χ1v) is 9.23. The molecule has 0 spiro atoms. The number of carbonyl (C=O) groups is 2. The molecule has 1 unspecified atom stereocenters. The van der Waals surface area contributed by atoms with Gasteiger partial charge in [0, 0.05) is 6.07 Å². The Morgan fingerprint density at radius 1 is 1.20 bits per heavy atom. The van der Waals surface area contributed by atoms with Crippen LogP contribution in [-0.2, 0) is 16.0 Å². The van der Waals surface area contributed by atoms with E-state index in [9.17, 15) is 28.4 Å². The molecule has 0 radical (unpaired) electrons. The molecule has 0 aromatic heterocycles. The van der Waals surface area contributed by atoms with Crippen molar-refractivity contribution in [2.45, 2.75) is 26.2 Å². The number of halogens is 2. The van der Waals surface area contributed by atoms with Crippen LogP contribution in [0.4, 0.5) is 14.5 Å². The standard InChI is InChI=1S/C21H23BF2N2O4/c1-4-21(28)26(18-11-16(23)7-8-17(18)24)12-20(27)25-19(22(29)30)10-15-6-5-13(2)9-14(15)3/h4-9,11,19,29-30H,1,10,12H2,2-3H3,(H,25,27). The molecule has 0 aliphatic rings. The highest BCUT2D eigenvalue weighted by molar-refractivity contribution is 6.43.